The summed E-state index contributed by atoms with van der Waals surface area (Å²) in [6.07, 6.45) is 7.83. The normalized spacial score (nSPS) is 30.9. The molecule has 0 spiro atoms. The van der Waals surface area contributed by atoms with E-state index in [1.54, 1.807) is 0 Å². The summed E-state index contributed by atoms with van der Waals surface area (Å²) in [5, 5.41) is 0. The van der Waals surface area contributed by atoms with Gasteiger partial charge in [-0.15, -0.1) is 0 Å². The van der Waals surface area contributed by atoms with E-state index in [4.69, 9.17) is 0 Å². The van der Waals surface area contributed by atoms with Crippen molar-refractivity contribution in [2.24, 2.45) is 10.9 Å². The molecule has 2 aliphatic rings. The van der Waals surface area contributed by atoms with Crippen LogP contribution in [0.3, 0.4) is 0 Å². The number of nitrogens with zero attached hydrogens (tertiary/aromatic N) is 2. The molecule has 0 N–H and O–H groups in total. The summed E-state index contributed by atoms with van der Waals surface area (Å²) in [4.78, 5) is 6.55. The second-order valence-electron chi connectivity index (χ2n) is 3.66. The first-order valence-electron chi connectivity index (χ1n) is 4.72. The molecule has 0 bridgehead atoms. The molecule has 1 saturated heterocycles. The van der Waals surface area contributed by atoms with Crippen LogP contribution in [0.2, 0.25) is 0 Å². The topological polar surface area (TPSA) is 15.6 Å². The van der Waals surface area contributed by atoms with E-state index in [-0.39, 0.29) is 38.8 Å². The average Bonchev–Trinajstić information content (AvgIpc) is 2.46. The molecule has 0 aromatic rings. The summed E-state index contributed by atoms with van der Waals surface area (Å²) in [5.74, 6) is 0.823. The molecule has 0 aliphatic carbocycles. The third kappa shape index (κ3) is 2.41. The van der Waals surface area contributed by atoms with Crippen molar-refractivity contribution in [3.8, 4) is 0 Å². The Hall–Kier alpha value is 0.314. The van der Waals surface area contributed by atoms with Crippen LogP contribution in [0, 0.1) is 12.0 Å². The molecule has 3 heteroatoms. The van der Waals surface area contributed by atoms with Crippen molar-refractivity contribution in [3.05, 3.63) is 11.8 Å². The van der Waals surface area contributed by atoms with Gasteiger partial charge in [0.1, 0.15) is 0 Å². The van der Waals surface area contributed by atoms with Crippen LogP contribution in [-0.4, -0.2) is 23.8 Å². The summed E-state index contributed by atoms with van der Waals surface area (Å²) in [5.41, 5.74) is 1.37. The fourth-order valence-electron chi connectivity index (χ4n) is 1.83. The molecule has 2 rings (SSSR count). The molecule has 2 unspecified atom stereocenters. The Morgan fingerprint density at radius 1 is 1.69 bits per heavy atom. The largest absolute Gasteiger partial charge is 0.450 e. The minimum atomic E-state index is 0. The van der Waals surface area contributed by atoms with E-state index in [1.807, 2.05) is 6.34 Å². The SMILES string of the molecule is CCC1CC2=[C-]C(C)N=CN2C1.[Y]. The van der Waals surface area contributed by atoms with Gasteiger partial charge >= 0.3 is 0 Å². The molecule has 13 heavy (non-hydrogen) atoms. The Bertz CT molecular complexity index is 235. The standard InChI is InChI=1S/C10H15N2.Y/c1-3-9-5-10-4-8(2)11-7-12(10)6-9;/h7-9H,3,5-6H2,1-2H3;/q-1;. The predicted molar refractivity (Wildman–Crippen MR) is 49.8 cm³/mol. The molecule has 69 valence electrons. The van der Waals surface area contributed by atoms with E-state index in [9.17, 15) is 0 Å². The summed E-state index contributed by atoms with van der Waals surface area (Å²) in [6.45, 7) is 5.49. The molecule has 1 radical (unpaired) electrons. The summed E-state index contributed by atoms with van der Waals surface area (Å²) in [7, 11) is 0. The van der Waals surface area contributed by atoms with E-state index in [2.05, 4.69) is 29.8 Å². The Balaban J connectivity index is 0.000000845. The second-order valence-corrected chi connectivity index (χ2v) is 3.66. The quantitative estimate of drug-likeness (QED) is 0.650. The fourth-order valence-corrected chi connectivity index (χ4v) is 1.83. The first kappa shape index (κ1) is 11.4. The minimum absolute atomic E-state index is 0. The Labute approximate surface area is 105 Å². The van der Waals surface area contributed by atoms with Gasteiger partial charge in [0, 0.05) is 39.3 Å². The van der Waals surface area contributed by atoms with Gasteiger partial charge in [0.15, 0.2) is 0 Å². The molecule has 2 atom stereocenters. The maximum absolute atomic E-state index is 4.31. The number of rotatable bonds is 1. The van der Waals surface area contributed by atoms with Gasteiger partial charge in [-0.05, 0) is 12.3 Å². The van der Waals surface area contributed by atoms with Crippen LogP contribution in [-0.2, 0) is 32.7 Å². The molecule has 0 aromatic carbocycles. The number of hydrogen-bond donors (Lipinski definition) is 0. The fraction of sp³-hybridized carbons (Fsp3) is 0.700. The first-order valence-corrected chi connectivity index (χ1v) is 4.72. The van der Waals surface area contributed by atoms with Crippen LogP contribution in [0.4, 0.5) is 0 Å². The van der Waals surface area contributed by atoms with Crippen LogP contribution in [0.1, 0.15) is 26.7 Å². The summed E-state index contributed by atoms with van der Waals surface area (Å²) < 4.78 is 0. The van der Waals surface area contributed by atoms with Crippen LogP contribution < -0.4 is 0 Å². The molecule has 0 aromatic heterocycles. The Kier molecular flexibility index (Phi) is 4.12. The smallest absolute Gasteiger partial charge is 0.0838 e. The molecule has 2 heterocycles. The van der Waals surface area contributed by atoms with Gasteiger partial charge < -0.3 is 16.0 Å². The predicted octanol–water partition coefficient (Wildman–Crippen LogP) is 1.83. The molecule has 1 fully saturated rings. The Morgan fingerprint density at radius 2 is 2.46 bits per heavy atom. The molecule has 2 aliphatic heterocycles. The zero-order valence-corrected chi connectivity index (χ0v) is 11.2. The maximum Gasteiger partial charge on any atom is 0.0838 e. The maximum atomic E-state index is 4.31. The van der Waals surface area contributed by atoms with Gasteiger partial charge in [-0.3, -0.25) is 0 Å². The van der Waals surface area contributed by atoms with Crippen LogP contribution in [0.15, 0.2) is 10.7 Å². The van der Waals surface area contributed by atoms with Crippen molar-refractivity contribution in [2.75, 3.05) is 6.54 Å². The van der Waals surface area contributed by atoms with Crippen molar-refractivity contribution < 1.29 is 32.7 Å². The van der Waals surface area contributed by atoms with Crippen LogP contribution >= 0.6 is 0 Å². The third-order valence-corrected chi connectivity index (χ3v) is 2.67. The van der Waals surface area contributed by atoms with Gasteiger partial charge in [0.25, 0.3) is 0 Å². The molecule has 0 saturated carbocycles. The zero-order chi connectivity index (χ0) is 8.55. The summed E-state index contributed by atoms with van der Waals surface area (Å²) >= 11 is 0. The van der Waals surface area contributed by atoms with E-state index in [0.29, 0.717) is 0 Å². The van der Waals surface area contributed by atoms with Crippen molar-refractivity contribution in [1.82, 2.24) is 4.90 Å². The monoisotopic (exact) mass is 252 g/mol. The van der Waals surface area contributed by atoms with Crippen LogP contribution in [0.5, 0.6) is 0 Å². The number of hydrogen-bond acceptors (Lipinski definition) is 2. The van der Waals surface area contributed by atoms with Gasteiger partial charge in [-0.2, -0.15) is 5.70 Å². The van der Waals surface area contributed by atoms with Crippen molar-refractivity contribution >= 4 is 6.34 Å². The van der Waals surface area contributed by atoms with Crippen LogP contribution in [0.25, 0.3) is 0 Å². The van der Waals surface area contributed by atoms with E-state index in [0.717, 1.165) is 12.5 Å². The third-order valence-electron chi connectivity index (χ3n) is 2.67. The van der Waals surface area contributed by atoms with E-state index < -0.39 is 0 Å². The van der Waals surface area contributed by atoms with Gasteiger partial charge in [-0.1, -0.05) is 26.3 Å². The minimum Gasteiger partial charge on any atom is -0.450 e. The summed E-state index contributed by atoms with van der Waals surface area (Å²) in [6, 6.07) is 0.270. The van der Waals surface area contributed by atoms with Crippen molar-refractivity contribution in [3.63, 3.8) is 0 Å². The van der Waals surface area contributed by atoms with E-state index in [1.165, 1.54) is 18.5 Å². The molecular formula is C10H15N2Y-. The van der Waals surface area contributed by atoms with Gasteiger partial charge in [0.05, 0.1) is 6.34 Å². The number of fused-ring (bicyclic) bond motifs is 1. The first-order chi connectivity index (χ1) is 5.79. The second kappa shape index (κ2) is 4.70. The van der Waals surface area contributed by atoms with Crippen molar-refractivity contribution in [2.45, 2.75) is 32.7 Å². The van der Waals surface area contributed by atoms with Crippen molar-refractivity contribution in [1.29, 1.82) is 0 Å². The Morgan fingerprint density at radius 3 is 3.15 bits per heavy atom. The van der Waals surface area contributed by atoms with Gasteiger partial charge in [-0.25, -0.2) is 0 Å². The zero-order valence-electron chi connectivity index (χ0n) is 8.33. The van der Waals surface area contributed by atoms with E-state index >= 15 is 0 Å². The molecular weight excluding hydrogens is 237 g/mol. The number of aliphatic imine (C=N–C) groups is 1. The average molecular weight is 252 g/mol. The molecule has 2 nitrogen and oxygen atoms in total. The molecule has 0 amide bonds. The van der Waals surface area contributed by atoms with Gasteiger partial charge in [0.2, 0.25) is 0 Å². The number of allylic oxidation sites excluding steroid dienone is 1.